The molecule has 202 valence electrons. The van der Waals surface area contributed by atoms with Gasteiger partial charge >= 0.3 is 0 Å². The minimum absolute atomic E-state index is 0.122. The first kappa shape index (κ1) is 26.9. The third-order valence-corrected chi connectivity index (χ3v) is 9.10. The number of aromatic nitrogens is 1. The van der Waals surface area contributed by atoms with Crippen LogP contribution in [-0.4, -0.2) is 64.3 Å². The Morgan fingerprint density at radius 2 is 1.68 bits per heavy atom. The van der Waals surface area contributed by atoms with Crippen LogP contribution in [0.4, 0.5) is 0 Å². The smallest absolute Gasteiger partial charge is 0.253 e. The standard InChI is InChI=1S/C31H39BrN4O2/c1-4-34-17-12-23-6-7-26(22-28(23)34)30(37)35-20-15-31(3,16-21-35)36-18-13-25(14-19-36)29(33-38-5-2)24-8-10-27(32)11-9-24/h6-12,17,22,25H,4-5,13-16,18-21H2,1-3H3/b33-29+. The van der Waals surface area contributed by atoms with Crippen LogP contribution in [0.3, 0.4) is 0 Å². The lowest BCUT2D eigenvalue weighted by Crippen LogP contribution is -2.56. The highest BCUT2D eigenvalue weighted by atomic mass is 79.9. The van der Waals surface area contributed by atoms with Gasteiger partial charge < -0.3 is 14.3 Å². The Labute approximate surface area is 234 Å². The number of benzene rings is 2. The number of aryl methyl sites for hydroxylation is 1. The van der Waals surface area contributed by atoms with Gasteiger partial charge in [0.25, 0.3) is 5.91 Å². The Balaban J connectivity index is 1.20. The van der Waals surface area contributed by atoms with Crippen molar-refractivity contribution in [2.45, 2.75) is 58.5 Å². The molecule has 3 aromatic rings. The molecule has 2 saturated heterocycles. The van der Waals surface area contributed by atoms with Gasteiger partial charge in [0.1, 0.15) is 6.61 Å². The number of carbonyl (C=O) groups excluding carboxylic acids is 1. The highest BCUT2D eigenvalue weighted by Crippen LogP contribution is 2.34. The molecule has 2 aliphatic rings. The topological polar surface area (TPSA) is 50.1 Å². The van der Waals surface area contributed by atoms with E-state index in [-0.39, 0.29) is 11.4 Å². The predicted octanol–water partition coefficient (Wildman–Crippen LogP) is 6.57. The number of rotatable bonds is 7. The maximum Gasteiger partial charge on any atom is 0.253 e. The van der Waals surface area contributed by atoms with Crippen LogP contribution < -0.4 is 0 Å². The fourth-order valence-corrected chi connectivity index (χ4v) is 6.36. The van der Waals surface area contributed by atoms with Crippen molar-refractivity contribution < 1.29 is 9.63 Å². The van der Waals surface area contributed by atoms with E-state index in [1.165, 1.54) is 5.39 Å². The summed E-state index contributed by atoms with van der Waals surface area (Å²) in [5, 5.41) is 5.73. The molecule has 2 aliphatic heterocycles. The van der Waals surface area contributed by atoms with E-state index in [2.05, 4.69) is 98.0 Å². The number of halogens is 1. The van der Waals surface area contributed by atoms with E-state index >= 15 is 0 Å². The van der Waals surface area contributed by atoms with Crippen molar-refractivity contribution in [2.24, 2.45) is 11.1 Å². The Hall–Kier alpha value is -2.64. The third kappa shape index (κ3) is 5.55. The minimum atomic E-state index is 0.122. The molecule has 2 fully saturated rings. The Kier molecular flexibility index (Phi) is 8.24. The van der Waals surface area contributed by atoms with Gasteiger partial charge in [0, 0.05) is 52.8 Å². The SMILES string of the molecule is CCO/N=C(\c1ccc(Br)cc1)C1CCN(C2(C)CCN(C(=O)c3ccc4ccn(CC)c4c3)CC2)CC1. The summed E-state index contributed by atoms with van der Waals surface area (Å²) in [6.45, 7) is 11.7. The third-order valence-electron chi connectivity index (χ3n) is 8.57. The lowest BCUT2D eigenvalue weighted by molar-refractivity contribution is 0.0161. The average Bonchev–Trinajstić information content (AvgIpc) is 3.37. The van der Waals surface area contributed by atoms with Crippen LogP contribution in [0.1, 0.15) is 62.4 Å². The van der Waals surface area contributed by atoms with Crippen LogP contribution >= 0.6 is 15.9 Å². The number of oxime groups is 1. The molecule has 0 saturated carbocycles. The maximum absolute atomic E-state index is 13.4. The first-order valence-corrected chi connectivity index (χ1v) is 14.8. The highest BCUT2D eigenvalue weighted by molar-refractivity contribution is 9.10. The zero-order valence-corrected chi connectivity index (χ0v) is 24.4. The summed E-state index contributed by atoms with van der Waals surface area (Å²) in [6.07, 6.45) is 6.24. The Morgan fingerprint density at radius 1 is 1.00 bits per heavy atom. The molecule has 0 atom stereocenters. The molecule has 5 rings (SSSR count). The van der Waals surface area contributed by atoms with Gasteiger partial charge in [-0.25, -0.2) is 0 Å². The summed E-state index contributed by atoms with van der Waals surface area (Å²) in [4.78, 5) is 23.6. The van der Waals surface area contributed by atoms with Crippen LogP contribution in [0, 0.1) is 5.92 Å². The van der Waals surface area contributed by atoms with Crippen LogP contribution in [0.15, 0.2) is 64.4 Å². The van der Waals surface area contributed by atoms with Crippen molar-refractivity contribution >= 4 is 38.5 Å². The second-order valence-electron chi connectivity index (χ2n) is 10.8. The molecule has 6 nitrogen and oxygen atoms in total. The molecule has 7 heteroatoms. The average molecular weight is 580 g/mol. The van der Waals surface area contributed by atoms with E-state index < -0.39 is 0 Å². The van der Waals surface area contributed by atoms with E-state index in [0.717, 1.165) is 85.2 Å². The number of likely N-dealkylation sites (tertiary alicyclic amines) is 2. The summed E-state index contributed by atoms with van der Waals surface area (Å²) in [5.74, 6) is 0.545. The van der Waals surface area contributed by atoms with Gasteiger partial charge in [-0.05, 0) is 101 Å². The summed E-state index contributed by atoms with van der Waals surface area (Å²) in [7, 11) is 0. The zero-order valence-electron chi connectivity index (χ0n) is 22.8. The lowest BCUT2D eigenvalue weighted by atomic mass is 9.82. The molecule has 0 spiro atoms. The van der Waals surface area contributed by atoms with Crippen LogP contribution in [-0.2, 0) is 11.4 Å². The molecular formula is C31H39BrN4O2. The van der Waals surface area contributed by atoms with Gasteiger partial charge in [0.05, 0.1) is 5.71 Å². The molecule has 1 aromatic heterocycles. The van der Waals surface area contributed by atoms with Crippen molar-refractivity contribution in [1.82, 2.24) is 14.4 Å². The van der Waals surface area contributed by atoms with Crippen LogP contribution in [0.2, 0.25) is 0 Å². The van der Waals surface area contributed by atoms with Crippen LogP contribution in [0.25, 0.3) is 10.9 Å². The van der Waals surface area contributed by atoms with Gasteiger partial charge in [0.2, 0.25) is 0 Å². The van der Waals surface area contributed by atoms with Gasteiger partial charge in [-0.2, -0.15) is 0 Å². The molecule has 1 amide bonds. The van der Waals surface area contributed by atoms with Crippen molar-refractivity contribution in [3.63, 3.8) is 0 Å². The summed E-state index contributed by atoms with van der Waals surface area (Å²) in [6, 6.07) is 16.6. The maximum atomic E-state index is 13.4. The molecule has 0 bridgehead atoms. The quantitative estimate of drug-likeness (QED) is 0.235. The van der Waals surface area contributed by atoms with E-state index in [9.17, 15) is 4.79 Å². The molecule has 38 heavy (non-hydrogen) atoms. The fourth-order valence-electron chi connectivity index (χ4n) is 6.09. The van der Waals surface area contributed by atoms with E-state index in [1.54, 1.807) is 0 Å². The number of amides is 1. The van der Waals surface area contributed by atoms with Crippen molar-refractivity contribution in [3.8, 4) is 0 Å². The lowest BCUT2D eigenvalue weighted by Gasteiger charge is -2.49. The van der Waals surface area contributed by atoms with Gasteiger partial charge in [-0.1, -0.05) is 39.3 Å². The molecule has 3 heterocycles. The molecule has 0 N–H and O–H groups in total. The number of nitrogens with zero attached hydrogens (tertiary/aromatic N) is 4. The Bertz CT molecular complexity index is 1280. The van der Waals surface area contributed by atoms with E-state index in [4.69, 9.17) is 4.84 Å². The zero-order chi connectivity index (χ0) is 26.7. The van der Waals surface area contributed by atoms with E-state index in [0.29, 0.717) is 12.5 Å². The number of hydrogen-bond acceptors (Lipinski definition) is 4. The first-order chi connectivity index (χ1) is 18.4. The largest absolute Gasteiger partial charge is 0.396 e. The number of hydrogen-bond donors (Lipinski definition) is 0. The predicted molar refractivity (Wildman–Crippen MR) is 158 cm³/mol. The van der Waals surface area contributed by atoms with Crippen molar-refractivity contribution in [3.05, 3.63) is 70.3 Å². The van der Waals surface area contributed by atoms with Crippen LogP contribution in [0.5, 0.6) is 0 Å². The number of piperidine rings is 2. The molecule has 0 radical (unpaired) electrons. The summed E-state index contributed by atoms with van der Waals surface area (Å²) >= 11 is 3.54. The second kappa shape index (κ2) is 11.6. The second-order valence-corrected chi connectivity index (χ2v) is 11.7. The van der Waals surface area contributed by atoms with Gasteiger partial charge in [-0.3, -0.25) is 9.69 Å². The summed E-state index contributed by atoms with van der Waals surface area (Å²) < 4.78 is 3.27. The van der Waals surface area contributed by atoms with Crippen molar-refractivity contribution in [1.29, 1.82) is 0 Å². The van der Waals surface area contributed by atoms with E-state index in [1.807, 2.05) is 13.0 Å². The van der Waals surface area contributed by atoms with Gasteiger partial charge in [0.15, 0.2) is 0 Å². The van der Waals surface area contributed by atoms with Crippen molar-refractivity contribution in [2.75, 3.05) is 32.8 Å². The Morgan fingerprint density at radius 3 is 2.34 bits per heavy atom. The highest BCUT2D eigenvalue weighted by Gasteiger charge is 2.39. The molecule has 0 aliphatic carbocycles. The molecule has 0 unspecified atom stereocenters. The monoisotopic (exact) mass is 578 g/mol. The number of carbonyl (C=O) groups is 1. The summed E-state index contributed by atoms with van der Waals surface area (Å²) in [5.41, 5.74) is 4.26. The fraction of sp³-hybridized carbons (Fsp3) is 0.484. The molecular weight excluding hydrogens is 540 g/mol. The normalized spacial score (nSPS) is 19.2. The van der Waals surface area contributed by atoms with Gasteiger partial charge in [-0.15, -0.1) is 0 Å². The minimum Gasteiger partial charge on any atom is -0.396 e. The number of fused-ring (bicyclic) bond motifs is 1. The first-order valence-electron chi connectivity index (χ1n) is 14.0. The molecule has 2 aromatic carbocycles.